The Morgan fingerprint density at radius 3 is 2.96 bits per heavy atom. The van der Waals surface area contributed by atoms with Crippen LogP contribution in [0.4, 0.5) is 16.0 Å². The first-order valence-electron chi connectivity index (χ1n) is 8.65. The molecule has 1 unspecified atom stereocenters. The van der Waals surface area contributed by atoms with Crippen LogP contribution >= 0.6 is 0 Å². The molecule has 1 saturated heterocycles. The number of benzene rings is 1. The molecule has 0 spiro atoms. The number of hydrogen-bond donors (Lipinski definition) is 1. The number of pyridine rings is 1. The highest BCUT2D eigenvalue weighted by molar-refractivity contribution is 5.89. The number of aromatic nitrogens is 3. The van der Waals surface area contributed by atoms with Gasteiger partial charge in [0.2, 0.25) is 0 Å². The summed E-state index contributed by atoms with van der Waals surface area (Å²) < 4.78 is 19.4. The number of rotatable bonds is 4. The minimum absolute atomic E-state index is 0.221. The standard InChI is InChI=1S/C19H20FN5O/c1-13-11-25(7-8-26-13)17-6-5-14(9-21-17)10-22-19-15-3-2-4-16(20)18(15)23-12-24-19/h2-6,9,12-13H,7-8,10-11H2,1H3,(H,22,23,24). The van der Waals surface area contributed by atoms with Crippen molar-refractivity contribution in [2.24, 2.45) is 0 Å². The quantitative estimate of drug-likeness (QED) is 0.778. The molecule has 4 rings (SSSR count). The van der Waals surface area contributed by atoms with Gasteiger partial charge in [-0.2, -0.15) is 0 Å². The van der Waals surface area contributed by atoms with Crippen molar-refractivity contribution in [3.8, 4) is 0 Å². The minimum atomic E-state index is -0.348. The molecule has 7 heteroatoms. The predicted octanol–water partition coefficient (Wildman–Crippen LogP) is 3.00. The fourth-order valence-corrected chi connectivity index (χ4v) is 3.11. The highest BCUT2D eigenvalue weighted by Gasteiger charge is 2.17. The fraction of sp³-hybridized carbons (Fsp3) is 0.316. The largest absolute Gasteiger partial charge is 0.375 e. The first-order chi connectivity index (χ1) is 12.7. The summed E-state index contributed by atoms with van der Waals surface area (Å²) in [5, 5.41) is 3.91. The molecule has 0 bridgehead atoms. The second-order valence-corrected chi connectivity index (χ2v) is 6.36. The Morgan fingerprint density at radius 2 is 2.15 bits per heavy atom. The van der Waals surface area contributed by atoms with Gasteiger partial charge in [-0.15, -0.1) is 0 Å². The van der Waals surface area contributed by atoms with E-state index in [0.29, 0.717) is 23.3 Å². The smallest absolute Gasteiger partial charge is 0.149 e. The molecule has 1 aromatic carbocycles. The Kier molecular flexibility index (Phi) is 4.62. The Labute approximate surface area is 151 Å². The number of morpholine rings is 1. The number of para-hydroxylation sites is 1. The number of fused-ring (bicyclic) bond motifs is 1. The first-order valence-corrected chi connectivity index (χ1v) is 8.65. The van der Waals surface area contributed by atoms with Gasteiger partial charge < -0.3 is 15.0 Å². The van der Waals surface area contributed by atoms with Crippen LogP contribution in [-0.2, 0) is 11.3 Å². The van der Waals surface area contributed by atoms with E-state index in [0.717, 1.165) is 31.1 Å². The van der Waals surface area contributed by atoms with Crippen LogP contribution in [-0.4, -0.2) is 40.8 Å². The van der Waals surface area contributed by atoms with Crippen LogP contribution in [0.3, 0.4) is 0 Å². The monoisotopic (exact) mass is 353 g/mol. The van der Waals surface area contributed by atoms with Crippen LogP contribution in [0.1, 0.15) is 12.5 Å². The lowest BCUT2D eigenvalue weighted by atomic mass is 10.2. The Bertz CT molecular complexity index is 902. The van der Waals surface area contributed by atoms with Crippen molar-refractivity contribution in [2.75, 3.05) is 29.9 Å². The van der Waals surface area contributed by atoms with Crippen LogP contribution in [0.25, 0.3) is 10.9 Å². The summed E-state index contributed by atoms with van der Waals surface area (Å²) in [7, 11) is 0. The molecule has 1 fully saturated rings. The summed E-state index contributed by atoms with van der Waals surface area (Å²) in [4.78, 5) is 15.0. The van der Waals surface area contributed by atoms with Gasteiger partial charge in [-0.05, 0) is 30.7 Å². The van der Waals surface area contributed by atoms with Crippen molar-refractivity contribution in [2.45, 2.75) is 19.6 Å². The molecule has 1 N–H and O–H groups in total. The molecule has 1 aliphatic rings. The van der Waals surface area contributed by atoms with Crippen molar-refractivity contribution < 1.29 is 9.13 Å². The second-order valence-electron chi connectivity index (χ2n) is 6.36. The number of halogens is 1. The average Bonchev–Trinajstić information content (AvgIpc) is 2.67. The zero-order valence-electron chi connectivity index (χ0n) is 14.5. The number of anilines is 2. The van der Waals surface area contributed by atoms with E-state index in [-0.39, 0.29) is 11.9 Å². The third-order valence-electron chi connectivity index (χ3n) is 4.45. The van der Waals surface area contributed by atoms with E-state index in [1.165, 1.54) is 12.4 Å². The van der Waals surface area contributed by atoms with Gasteiger partial charge in [0, 0.05) is 31.2 Å². The van der Waals surface area contributed by atoms with Gasteiger partial charge in [0.15, 0.2) is 0 Å². The van der Waals surface area contributed by atoms with E-state index < -0.39 is 0 Å². The summed E-state index contributed by atoms with van der Waals surface area (Å²) in [6, 6.07) is 8.92. The van der Waals surface area contributed by atoms with E-state index >= 15 is 0 Å². The summed E-state index contributed by atoms with van der Waals surface area (Å²) in [5.74, 6) is 1.22. The van der Waals surface area contributed by atoms with Crippen LogP contribution in [0.15, 0.2) is 42.9 Å². The molecule has 3 aromatic rings. The third-order valence-corrected chi connectivity index (χ3v) is 4.45. The minimum Gasteiger partial charge on any atom is -0.375 e. The lowest BCUT2D eigenvalue weighted by molar-refractivity contribution is 0.0529. The van der Waals surface area contributed by atoms with E-state index in [4.69, 9.17) is 4.74 Å². The molecule has 0 radical (unpaired) electrons. The molecule has 3 heterocycles. The molecule has 1 atom stereocenters. The van der Waals surface area contributed by atoms with Crippen molar-refractivity contribution in [1.82, 2.24) is 15.0 Å². The van der Waals surface area contributed by atoms with Crippen LogP contribution in [0.2, 0.25) is 0 Å². The molecule has 134 valence electrons. The van der Waals surface area contributed by atoms with E-state index in [2.05, 4.69) is 32.1 Å². The molecule has 26 heavy (non-hydrogen) atoms. The van der Waals surface area contributed by atoms with Gasteiger partial charge in [-0.3, -0.25) is 0 Å². The zero-order chi connectivity index (χ0) is 17.9. The van der Waals surface area contributed by atoms with Crippen molar-refractivity contribution >= 4 is 22.5 Å². The maximum absolute atomic E-state index is 13.8. The van der Waals surface area contributed by atoms with Gasteiger partial charge in [0.1, 0.15) is 29.3 Å². The molecule has 1 aliphatic heterocycles. The first kappa shape index (κ1) is 16.7. The molecular formula is C19H20FN5O. The van der Waals surface area contributed by atoms with Crippen LogP contribution in [0, 0.1) is 5.82 Å². The summed E-state index contributed by atoms with van der Waals surface area (Å²) in [6.07, 6.45) is 3.44. The number of nitrogens with one attached hydrogen (secondary N) is 1. The van der Waals surface area contributed by atoms with Crippen LogP contribution < -0.4 is 10.2 Å². The van der Waals surface area contributed by atoms with Gasteiger partial charge in [0.25, 0.3) is 0 Å². The molecule has 6 nitrogen and oxygen atoms in total. The zero-order valence-corrected chi connectivity index (χ0v) is 14.5. The Balaban J connectivity index is 1.46. The normalized spacial score (nSPS) is 17.5. The van der Waals surface area contributed by atoms with E-state index in [1.54, 1.807) is 6.07 Å². The fourth-order valence-electron chi connectivity index (χ4n) is 3.11. The van der Waals surface area contributed by atoms with E-state index in [1.807, 2.05) is 24.4 Å². The topological polar surface area (TPSA) is 63.2 Å². The van der Waals surface area contributed by atoms with Crippen molar-refractivity contribution in [3.63, 3.8) is 0 Å². The second kappa shape index (κ2) is 7.21. The maximum Gasteiger partial charge on any atom is 0.149 e. The van der Waals surface area contributed by atoms with Crippen molar-refractivity contribution in [3.05, 3.63) is 54.2 Å². The summed E-state index contributed by atoms with van der Waals surface area (Å²) in [5.41, 5.74) is 1.35. The third kappa shape index (κ3) is 3.43. The highest BCUT2D eigenvalue weighted by atomic mass is 19.1. The molecule has 0 saturated carbocycles. The summed E-state index contributed by atoms with van der Waals surface area (Å²) in [6.45, 7) is 5.05. The molecule has 0 aliphatic carbocycles. The Hall–Kier alpha value is -2.80. The van der Waals surface area contributed by atoms with Gasteiger partial charge >= 0.3 is 0 Å². The SMILES string of the molecule is CC1CN(c2ccc(CNc3ncnc4c(F)cccc34)cn2)CCO1. The maximum atomic E-state index is 13.8. The molecular weight excluding hydrogens is 333 g/mol. The highest BCUT2D eigenvalue weighted by Crippen LogP contribution is 2.22. The van der Waals surface area contributed by atoms with Gasteiger partial charge in [-0.1, -0.05) is 12.1 Å². The van der Waals surface area contributed by atoms with Gasteiger partial charge in [-0.25, -0.2) is 19.3 Å². The number of hydrogen-bond acceptors (Lipinski definition) is 6. The molecule has 0 amide bonds. The van der Waals surface area contributed by atoms with E-state index in [9.17, 15) is 4.39 Å². The van der Waals surface area contributed by atoms with Gasteiger partial charge in [0.05, 0.1) is 12.7 Å². The Morgan fingerprint density at radius 1 is 1.23 bits per heavy atom. The molecule has 2 aromatic heterocycles. The number of ether oxygens (including phenoxy) is 1. The van der Waals surface area contributed by atoms with Crippen molar-refractivity contribution in [1.29, 1.82) is 0 Å². The van der Waals surface area contributed by atoms with Crippen LogP contribution in [0.5, 0.6) is 0 Å². The number of nitrogens with zero attached hydrogens (tertiary/aromatic N) is 4. The lowest BCUT2D eigenvalue weighted by Crippen LogP contribution is -2.41. The predicted molar refractivity (Wildman–Crippen MR) is 98.7 cm³/mol. The summed E-state index contributed by atoms with van der Waals surface area (Å²) >= 11 is 0. The average molecular weight is 353 g/mol. The lowest BCUT2D eigenvalue weighted by Gasteiger charge is -2.32.